The predicted octanol–water partition coefficient (Wildman–Crippen LogP) is 2.90. The molecule has 0 heterocycles. The Hall–Kier alpha value is -1.44. The molecule has 0 aromatic heterocycles. The molecule has 0 fully saturated rings. The normalized spacial score (nSPS) is 11.5. The Morgan fingerprint density at radius 3 is 2.71 bits per heavy atom. The third kappa shape index (κ3) is 3.52. The van der Waals surface area contributed by atoms with Gasteiger partial charge in [0, 0.05) is 0 Å². The van der Waals surface area contributed by atoms with Crippen LogP contribution >= 0.6 is 0 Å². The summed E-state index contributed by atoms with van der Waals surface area (Å²) in [5.41, 5.74) is 1.84. The Kier molecular flexibility index (Phi) is 3.57. The van der Waals surface area contributed by atoms with E-state index in [1.54, 1.807) is 12.1 Å². The van der Waals surface area contributed by atoms with Crippen molar-refractivity contribution in [3.05, 3.63) is 47.3 Å². The second-order valence-corrected chi connectivity index (χ2v) is 3.41. The molecule has 0 spiro atoms. The maximum atomic E-state index is 12.8. The summed E-state index contributed by atoms with van der Waals surface area (Å²) in [6, 6.07) is 6.41. The molecule has 0 aliphatic heterocycles. The van der Waals surface area contributed by atoms with Gasteiger partial charge in [0.05, 0.1) is 0 Å². The minimum absolute atomic E-state index is 0.0268. The molecule has 0 unspecified atom stereocenters. The Morgan fingerprint density at radius 2 is 2.14 bits per heavy atom. The monoisotopic (exact) mass is 192 g/mol. The molecule has 1 rings (SSSR count). The molecule has 0 aliphatic carbocycles. The maximum Gasteiger partial charge on any atom is 0.152 e. The van der Waals surface area contributed by atoms with Crippen LogP contribution in [0.4, 0.5) is 4.39 Å². The highest BCUT2D eigenvalue weighted by atomic mass is 19.1. The van der Waals surface area contributed by atoms with Gasteiger partial charge in [0.25, 0.3) is 0 Å². The Morgan fingerprint density at radius 1 is 1.43 bits per heavy atom. The van der Waals surface area contributed by atoms with Crippen LogP contribution in [0.15, 0.2) is 35.9 Å². The van der Waals surface area contributed by atoms with Crippen molar-refractivity contribution < 1.29 is 9.18 Å². The van der Waals surface area contributed by atoms with Crippen molar-refractivity contribution >= 4 is 5.78 Å². The quantitative estimate of drug-likeness (QED) is 0.673. The van der Waals surface area contributed by atoms with Gasteiger partial charge in [0.15, 0.2) is 5.78 Å². The van der Waals surface area contributed by atoms with E-state index in [2.05, 4.69) is 0 Å². The van der Waals surface area contributed by atoms with Crippen molar-refractivity contribution in [2.24, 2.45) is 0 Å². The van der Waals surface area contributed by atoms with E-state index in [0.29, 0.717) is 6.42 Å². The predicted molar refractivity (Wildman–Crippen MR) is 54.5 cm³/mol. The van der Waals surface area contributed by atoms with E-state index in [-0.39, 0.29) is 11.6 Å². The highest BCUT2D eigenvalue weighted by molar-refractivity contribution is 5.87. The molecular formula is C12H13FO. The largest absolute Gasteiger partial charge is 0.295 e. The summed E-state index contributed by atoms with van der Waals surface area (Å²) < 4.78 is 12.8. The van der Waals surface area contributed by atoms with E-state index in [9.17, 15) is 9.18 Å². The van der Waals surface area contributed by atoms with Gasteiger partial charge in [-0.25, -0.2) is 4.39 Å². The fraction of sp³-hybridized carbons (Fsp3) is 0.250. The average molecular weight is 192 g/mol. The van der Waals surface area contributed by atoms with Gasteiger partial charge < -0.3 is 0 Å². The number of carbonyl (C=O) groups is 1. The summed E-state index contributed by atoms with van der Waals surface area (Å²) in [7, 11) is 0. The third-order valence-electron chi connectivity index (χ3n) is 1.82. The fourth-order valence-electron chi connectivity index (χ4n) is 1.37. The standard InChI is InChI=1S/C12H13FO/c1-9(6-10(2)14)7-11-4-3-5-12(13)8-11/h3-6,8H,7H2,1-2H3/b9-6-. The van der Waals surface area contributed by atoms with Crippen LogP contribution in [0.3, 0.4) is 0 Å². The lowest BCUT2D eigenvalue weighted by molar-refractivity contribution is -0.112. The molecule has 0 radical (unpaired) electrons. The van der Waals surface area contributed by atoms with Crippen molar-refractivity contribution in [3.63, 3.8) is 0 Å². The van der Waals surface area contributed by atoms with Gasteiger partial charge in [-0.15, -0.1) is 0 Å². The number of benzene rings is 1. The van der Waals surface area contributed by atoms with E-state index in [1.807, 2.05) is 13.0 Å². The molecule has 0 bridgehead atoms. The van der Waals surface area contributed by atoms with Crippen LogP contribution < -0.4 is 0 Å². The number of allylic oxidation sites excluding steroid dienone is 2. The van der Waals surface area contributed by atoms with Crippen LogP contribution in [0.1, 0.15) is 19.4 Å². The average Bonchev–Trinajstić information content (AvgIpc) is 2.01. The number of rotatable bonds is 3. The van der Waals surface area contributed by atoms with Gasteiger partial charge in [-0.3, -0.25) is 4.79 Å². The third-order valence-corrected chi connectivity index (χ3v) is 1.82. The van der Waals surface area contributed by atoms with Crippen molar-refractivity contribution in [1.82, 2.24) is 0 Å². The molecule has 0 N–H and O–H groups in total. The summed E-state index contributed by atoms with van der Waals surface area (Å²) in [5, 5.41) is 0. The highest BCUT2D eigenvalue weighted by Crippen LogP contribution is 2.09. The van der Waals surface area contributed by atoms with Crippen molar-refractivity contribution in [3.8, 4) is 0 Å². The van der Waals surface area contributed by atoms with Crippen LogP contribution in [0, 0.1) is 5.82 Å². The molecule has 0 aliphatic rings. The first kappa shape index (κ1) is 10.6. The topological polar surface area (TPSA) is 17.1 Å². The summed E-state index contributed by atoms with van der Waals surface area (Å²) in [4.78, 5) is 10.8. The number of carbonyl (C=O) groups excluding carboxylic acids is 1. The SMILES string of the molecule is CC(=O)/C=C(/C)Cc1cccc(F)c1. The number of ketones is 1. The fourth-order valence-corrected chi connectivity index (χ4v) is 1.37. The van der Waals surface area contributed by atoms with Crippen LogP contribution in [0.25, 0.3) is 0 Å². The van der Waals surface area contributed by atoms with E-state index in [4.69, 9.17) is 0 Å². The first-order valence-corrected chi connectivity index (χ1v) is 4.50. The van der Waals surface area contributed by atoms with E-state index < -0.39 is 0 Å². The molecule has 0 saturated carbocycles. The van der Waals surface area contributed by atoms with Crippen LogP contribution in [-0.4, -0.2) is 5.78 Å². The van der Waals surface area contributed by atoms with E-state index in [0.717, 1.165) is 11.1 Å². The Labute approximate surface area is 83.3 Å². The first-order valence-electron chi connectivity index (χ1n) is 4.50. The summed E-state index contributed by atoms with van der Waals surface area (Å²) >= 11 is 0. The summed E-state index contributed by atoms with van der Waals surface area (Å²) in [6.45, 7) is 3.38. The smallest absolute Gasteiger partial charge is 0.152 e. The zero-order valence-electron chi connectivity index (χ0n) is 8.38. The molecule has 1 aromatic rings. The lowest BCUT2D eigenvalue weighted by Crippen LogP contribution is -1.91. The highest BCUT2D eigenvalue weighted by Gasteiger charge is 1.97. The molecule has 74 valence electrons. The molecule has 0 atom stereocenters. The minimum atomic E-state index is -0.238. The number of hydrogen-bond acceptors (Lipinski definition) is 1. The molecule has 2 heteroatoms. The number of hydrogen-bond donors (Lipinski definition) is 0. The number of halogens is 1. The van der Waals surface area contributed by atoms with Crippen molar-refractivity contribution in [2.75, 3.05) is 0 Å². The molecule has 1 aromatic carbocycles. The van der Waals surface area contributed by atoms with Gasteiger partial charge in [-0.2, -0.15) is 0 Å². The lowest BCUT2D eigenvalue weighted by Gasteiger charge is -2.00. The molecule has 1 nitrogen and oxygen atoms in total. The van der Waals surface area contributed by atoms with Gasteiger partial charge in [0.1, 0.15) is 5.82 Å². The molecule has 14 heavy (non-hydrogen) atoms. The zero-order valence-corrected chi connectivity index (χ0v) is 8.38. The van der Waals surface area contributed by atoms with Crippen LogP contribution in [0.2, 0.25) is 0 Å². The van der Waals surface area contributed by atoms with Crippen LogP contribution in [0.5, 0.6) is 0 Å². The maximum absolute atomic E-state index is 12.8. The second kappa shape index (κ2) is 4.70. The van der Waals surface area contributed by atoms with Crippen molar-refractivity contribution in [2.45, 2.75) is 20.3 Å². The van der Waals surface area contributed by atoms with Crippen LogP contribution in [-0.2, 0) is 11.2 Å². The zero-order chi connectivity index (χ0) is 10.6. The first-order chi connectivity index (χ1) is 6.58. The minimum Gasteiger partial charge on any atom is -0.295 e. The van der Waals surface area contributed by atoms with Gasteiger partial charge in [-0.05, 0) is 44.0 Å². The summed E-state index contributed by atoms with van der Waals surface area (Å²) in [5.74, 6) is -0.211. The Balaban J connectivity index is 2.74. The Bertz CT molecular complexity index is 366. The molecule has 0 saturated heterocycles. The van der Waals surface area contributed by atoms with Gasteiger partial charge in [0.2, 0.25) is 0 Å². The van der Waals surface area contributed by atoms with Crippen molar-refractivity contribution in [1.29, 1.82) is 0 Å². The van der Waals surface area contributed by atoms with E-state index in [1.165, 1.54) is 19.1 Å². The van der Waals surface area contributed by atoms with Gasteiger partial charge in [-0.1, -0.05) is 17.7 Å². The summed E-state index contributed by atoms with van der Waals surface area (Å²) in [6.07, 6.45) is 2.20. The molecular weight excluding hydrogens is 179 g/mol. The second-order valence-electron chi connectivity index (χ2n) is 3.41. The van der Waals surface area contributed by atoms with E-state index >= 15 is 0 Å². The van der Waals surface area contributed by atoms with Gasteiger partial charge >= 0.3 is 0 Å². The molecule has 0 amide bonds. The lowest BCUT2D eigenvalue weighted by atomic mass is 10.1.